The Hall–Kier alpha value is -2.29. The van der Waals surface area contributed by atoms with E-state index >= 15 is 0 Å². The summed E-state index contributed by atoms with van der Waals surface area (Å²) in [6.45, 7) is 6.72. The van der Waals surface area contributed by atoms with Crippen molar-refractivity contribution in [2.24, 2.45) is 0 Å². The van der Waals surface area contributed by atoms with Crippen molar-refractivity contribution in [3.8, 4) is 5.75 Å². The van der Waals surface area contributed by atoms with Gasteiger partial charge >= 0.3 is 0 Å². The second-order valence-electron chi connectivity index (χ2n) is 5.71. The Morgan fingerprint density at radius 1 is 1.09 bits per heavy atom. The highest BCUT2D eigenvalue weighted by Crippen LogP contribution is 2.14. The van der Waals surface area contributed by atoms with Crippen LogP contribution in [0, 0.1) is 6.92 Å². The summed E-state index contributed by atoms with van der Waals surface area (Å²) in [5.74, 6) is 0.733. The summed E-state index contributed by atoms with van der Waals surface area (Å²) in [5.41, 5.74) is 2.25. The average molecular weight is 297 g/mol. The fraction of sp³-hybridized carbons (Fsp3) is 0.316. The van der Waals surface area contributed by atoms with Gasteiger partial charge in [-0.25, -0.2) is 0 Å². The summed E-state index contributed by atoms with van der Waals surface area (Å²) in [5, 5.41) is 0. The first-order valence-corrected chi connectivity index (χ1v) is 7.59. The highest BCUT2D eigenvalue weighted by molar-refractivity contribution is 5.78. The molecule has 0 unspecified atom stereocenters. The second-order valence-corrected chi connectivity index (χ2v) is 5.71. The molecule has 0 saturated carbocycles. The van der Waals surface area contributed by atoms with Gasteiger partial charge in [0.15, 0.2) is 6.61 Å². The first-order chi connectivity index (χ1) is 10.6. The van der Waals surface area contributed by atoms with Crippen LogP contribution in [0.25, 0.3) is 0 Å². The van der Waals surface area contributed by atoms with E-state index in [9.17, 15) is 4.79 Å². The summed E-state index contributed by atoms with van der Waals surface area (Å²) in [7, 11) is 0. The van der Waals surface area contributed by atoms with Gasteiger partial charge in [0, 0.05) is 12.6 Å². The maximum absolute atomic E-state index is 12.4. The Bertz CT molecular complexity index is 608. The number of carbonyl (C=O) groups excluding carboxylic acids is 1. The molecule has 2 aromatic carbocycles. The minimum Gasteiger partial charge on any atom is -0.484 e. The first-order valence-electron chi connectivity index (χ1n) is 7.59. The molecule has 3 heteroatoms. The number of carbonyl (C=O) groups is 1. The fourth-order valence-corrected chi connectivity index (χ4v) is 2.27. The van der Waals surface area contributed by atoms with E-state index in [1.54, 1.807) is 0 Å². The molecular weight excluding hydrogens is 274 g/mol. The lowest BCUT2D eigenvalue weighted by molar-refractivity contribution is -0.135. The third-order valence-corrected chi connectivity index (χ3v) is 3.49. The van der Waals surface area contributed by atoms with Crippen molar-refractivity contribution in [3.63, 3.8) is 0 Å². The van der Waals surface area contributed by atoms with E-state index in [0.29, 0.717) is 6.54 Å². The van der Waals surface area contributed by atoms with Crippen molar-refractivity contribution in [1.29, 1.82) is 0 Å². The molecular formula is C19H23NO2. The monoisotopic (exact) mass is 297 g/mol. The van der Waals surface area contributed by atoms with Crippen molar-refractivity contribution < 1.29 is 9.53 Å². The van der Waals surface area contributed by atoms with Gasteiger partial charge in [-0.2, -0.15) is 0 Å². The average Bonchev–Trinajstić information content (AvgIpc) is 2.51. The molecule has 0 aliphatic heterocycles. The number of benzene rings is 2. The van der Waals surface area contributed by atoms with E-state index in [1.807, 2.05) is 80.3 Å². The predicted octanol–water partition coefficient (Wildman–Crippen LogP) is 3.81. The minimum absolute atomic E-state index is 0.000333. The smallest absolute Gasteiger partial charge is 0.261 e. The van der Waals surface area contributed by atoms with Crippen molar-refractivity contribution in [3.05, 3.63) is 65.7 Å². The summed E-state index contributed by atoms with van der Waals surface area (Å²) in [6, 6.07) is 17.9. The number of hydrogen-bond donors (Lipinski definition) is 0. The highest BCUT2D eigenvalue weighted by Gasteiger charge is 2.17. The lowest BCUT2D eigenvalue weighted by Gasteiger charge is -2.27. The van der Waals surface area contributed by atoms with Crippen LogP contribution >= 0.6 is 0 Å². The van der Waals surface area contributed by atoms with Gasteiger partial charge in [-0.05, 0) is 44.0 Å². The van der Waals surface area contributed by atoms with E-state index in [-0.39, 0.29) is 18.6 Å². The van der Waals surface area contributed by atoms with Crippen LogP contribution in [0.15, 0.2) is 54.6 Å². The molecule has 116 valence electrons. The largest absolute Gasteiger partial charge is 0.484 e. The molecule has 0 fully saturated rings. The van der Waals surface area contributed by atoms with Crippen LogP contribution in [0.1, 0.15) is 25.0 Å². The molecule has 0 spiro atoms. The van der Waals surface area contributed by atoms with E-state index < -0.39 is 0 Å². The van der Waals surface area contributed by atoms with Gasteiger partial charge in [-0.15, -0.1) is 0 Å². The molecule has 0 saturated heterocycles. The van der Waals surface area contributed by atoms with Gasteiger partial charge in [0.1, 0.15) is 5.75 Å². The van der Waals surface area contributed by atoms with Crippen molar-refractivity contribution in [2.75, 3.05) is 6.61 Å². The van der Waals surface area contributed by atoms with Gasteiger partial charge in [-0.3, -0.25) is 4.79 Å². The lowest BCUT2D eigenvalue weighted by atomic mass is 10.2. The molecule has 3 nitrogen and oxygen atoms in total. The highest BCUT2D eigenvalue weighted by atomic mass is 16.5. The van der Waals surface area contributed by atoms with Crippen LogP contribution < -0.4 is 4.74 Å². The summed E-state index contributed by atoms with van der Waals surface area (Å²) >= 11 is 0. The Balaban J connectivity index is 1.98. The molecule has 1 amide bonds. The normalized spacial score (nSPS) is 10.5. The van der Waals surface area contributed by atoms with Crippen LogP contribution in [-0.4, -0.2) is 23.5 Å². The third kappa shape index (κ3) is 4.62. The zero-order chi connectivity index (χ0) is 15.9. The molecule has 2 rings (SSSR count). The Kier molecular flexibility index (Phi) is 5.59. The maximum atomic E-state index is 12.4. The number of hydrogen-bond acceptors (Lipinski definition) is 2. The molecule has 0 bridgehead atoms. The van der Waals surface area contributed by atoms with Crippen LogP contribution in [-0.2, 0) is 11.3 Å². The summed E-state index contributed by atoms with van der Waals surface area (Å²) in [4.78, 5) is 14.3. The number of aryl methyl sites for hydroxylation is 1. The van der Waals surface area contributed by atoms with Gasteiger partial charge in [0.2, 0.25) is 0 Å². The van der Waals surface area contributed by atoms with Crippen LogP contribution in [0.5, 0.6) is 5.75 Å². The number of amides is 1. The zero-order valence-corrected chi connectivity index (χ0v) is 13.5. The third-order valence-electron chi connectivity index (χ3n) is 3.49. The zero-order valence-electron chi connectivity index (χ0n) is 13.5. The Labute approximate surface area is 132 Å². The molecule has 0 radical (unpaired) electrons. The van der Waals surface area contributed by atoms with Gasteiger partial charge in [0.05, 0.1) is 0 Å². The maximum Gasteiger partial charge on any atom is 0.261 e. The van der Waals surface area contributed by atoms with E-state index in [0.717, 1.165) is 16.9 Å². The molecule has 0 aromatic heterocycles. The minimum atomic E-state index is 0.000333. The number of ether oxygens (including phenoxy) is 1. The molecule has 0 N–H and O–H groups in total. The second kappa shape index (κ2) is 7.64. The van der Waals surface area contributed by atoms with E-state index in [2.05, 4.69) is 0 Å². The van der Waals surface area contributed by atoms with E-state index in [1.165, 1.54) is 0 Å². The number of rotatable bonds is 6. The quantitative estimate of drug-likeness (QED) is 0.811. The van der Waals surface area contributed by atoms with Crippen molar-refractivity contribution in [2.45, 2.75) is 33.4 Å². The first kappa shape index (κ1) is 16.1. The van der Waals surface area contributed by atoms with Crippen molar-refractivity contribution >= 4 is 5.91 Å². The summed E-state index contributed by atoms with van der Waals surface area (Å²) in [6.07, 6.45) is 0. The lowest BCUT2D eigenvalue weighted by Crippen LogP contribution is -2.39. The van der Waals surface area contributed by atoms with Gasteiger partial charge in [-0.1, -0.05) is 42.5 Å². The summed E-state index contributed by atoms with van der Waals surface area (Å²) < 4.78 is 5.63. The number of nitrogens with zero attached hydrogens (tertiary/aromatic N) is 1. The van der Waals surface area contributed by atoms with Crippen LogP contribution in [0.2, 0.25) is 0 Å². The van der Waals surface area contributed by atoms with Crippen LogP contribution in [0.4, 0.5) is 0 Å². The molecule has 0 atom stereocenters. The van der Waals surface area contributed by atoms with Crippen LogP contribution in [0.3, 0.4) is 0 Å². The molecule has 0 aliphatic rings. The molecule has 0 aliphatic carbocycles. The standard InChI is InChI=1S/C19H23NO2/c1-15(2)20(13-17-9-5-4-6-10-17)19(21)14-22-18-11-7-8-16(3)12-18/h4-12,15H,13-14H2,1-3H3. The Morgan fingerprint density at radius 3 is 2.45 bits per heavy atom. The fourth-order valence-electron chi connectivity index (χ4n) is 2.27. The molecule has 2 aromatic rings. The van der Waals surface area contributed by atoms with Crippen molar-refractivity contribution in [1.82, 2.24) is 4.90 Å². The van der Waals surface area contributed by atoms with E-state index in [4.69, 9.17) is 4.74 Å². The predicted molar refractivity (Wildman–Crippen MR) is 88.8 cm³/mol. The topological polar surface area (TPSA) is 29.5 Å². The molecule has 22 heavy (non-hydrogen) atoms. The van der Waals surface area contributed by atoms with Gasteiger partial charge in [0.25, 0.3) is 5.91 Å². The SMILES string of the molecule is Cc1cccc(OCC(=O)N(Cc2ccccc2)C(C)C)c1. The Morgan fingerprint density at radius 2 is 1.82 bits per heavy atom. The molecule has 0 heterocycles. The van der Waals surface area contributed by atoms with Gasteiger partial charge < -0.3 is 9.64 Å².